The van der Waals surface area contributed by atoms with Crippen LogP contribution in [0.5, 0.6) is 11.5 Å². The number of aromatic nitrogens is 5. The van der Waals surface area contributed by atoms with Crippen molar-refractivity contribution in [3.8, 4) is 17.3 Å². The molecule has 1 aromatic carbocycles. The van der Waals surface area contributed by atoms with Crippen LogP contribution >= 0.6 is 0 Å². The van der Waals surface area contributed by atoms with Gasteiger partial charge in [-0.1, -0.05) is 0 Å². The zero-order chi connectivity index (χ0) is 22.8. The van der Waals surface area contributed by atoms with Gasteiger partial charge < -0.3 is 19.3 Å². The zero-order valence-corrected chi connectivity index (χ0v) is 18.8. The maximum Gasteiger partial charge on any atom is 0.226 e. The molecule has 0 saturated carbocycles. The van der Waals surface area contributed by atoms with Crippen LogP contribution in [0, 0.1) is 5.92 Å². The number of amides is 1. The molecule has 172 valence electrons. The van der Waals surface area contributed by atoms with Gasteiger partial charge in [0.2, 0.25) is 5.91 Å². The second kappa shape index (κ2) is 9.05. The first-order valence-corrected chi connectivity index (χ1v) is 11.1. The molecule has 1 saturated heterocycles. The lowest BCUT2D eigenvalue weighted by molar-refractivity contribution is -0.137. The number of benzene rings is 1. The number of nitrogens with zero attached hydrogens (tertiary/aromatic N) is 7. The molecule has 0 radical (unpaired) electrons. The lowest BCUT2D eigenvalue weighted by Crippen LogP contribution is -2.44. The number of hydrogen-bond donors (Lipinski definition) is 0. The molecule has 2 aromatic heterocycles. The first-order valence-electron chi connectivity index (χ1n) is 11.1. The van der Waals surface area contributed by atoms with Crippen LogP contribution in [0.15, 0.2) is 36.9 Å². The molecule has 1 amide bonds. The molecule has 4 heterocycles. The minimum atomic E-state index is 0.0327. The number of carbonyl (C=O) groups is 1. The largest absolute Gasteiger partial charge is 0.493 e. The summed E-state index contributed by atoms with van der Waals surface area (Å²) in [5.74, 6) is 3.15. The van der Waals surface area contributed by atoms with Crippen LogP contribution in [0.1, 0.15) is 24.0 Å². The van der Waals surface area contributed by atoms with Gasteiger partial charge in [-0.05, 0) is 54.7 Å². The molecule has 0 unspecified atom stereocenters. The second-order valence-corrected chi connectivity index (χ2v) is 8.34. The van der Waals surface area contributed by atoms with E-state index in [9.17, 15) is 4.79 Å². The van der Waals surface area contributed by atoms with Crippen LogP contribution in [0.2, 0.25) is 0 Å². The van der Waals surface area contributed by atoms with Crippen LogP contribution < -0.4 is 14.4 Å². The Morgan fingerprint density at radius 2 is 1.67 bits per heavy atom. The molecule has 0 atom stereocenters. The molecule has 0 spiro atoms. The zero-order valence-electron chi connectivity index (χ0n) is 18.8. The van der Waals surface area contributed by atoms with Crippen molar-refractivity contribution in [3.63, 3.8) is 0 Å². The third-order valence-corrected chi connectivity index (χ3v) is 6.49. The lowest BCUT2D eigenvalue weighted by Gasteiger charge is -2.36. The average molecular weight is 450 g/mol. The monoisotopic (exact) mass is 449 g/mol. The predicted octanol–water partition coefficient (Wildman–Crippen LogP) is 1.88. The molecule has 1 fully saturated rings. The Bertz CT molecular complexity index is 1110. The third kappa shape index (κ3) is 4.20. The summed E-state index contributed by atoms with van der Waals surface area (Å²) in [7, 11) is 3.28. The van der Waals surface area contributed by atoms with E-state index in [4.69, 9.17) is 9.47 Å². The smallest absolute Gasteiger partial charge is 0.226 e. The average Bonchev–Trinajstić information content (AvgIpc) is 3.42. The van der Waals surface area contributed by atoms with E-state index in [0.717, 1.165) is 56.0 Å². The second-order valence-electron chi connectivity index (χ2n) is 8.34. The van der Waals surface area contributed by atoms with Gasteiger partial charge in [0, 0.05) is 32.1 Å². The van der Waals surface area contributed by atoms with E-state index in [-0.39, 0.29) is 11.8 Å². The number of fused-ring (bicyclic) bond motifs is 1. The summed E-state index contributed by atoms with van der Waals surface area (Å²) in [6, 6.07) is 7.85. The first kappa shape index (κ1) is 21.2. The van der Waals surface area contributed by atoms with E-state index in [1.807, 2.05) is 29.2 Å². The molecular weight excluding hydrogens is 422 g/mol. The molecule has 0 aliphatic carbocycles. The summed E-state index contributed by atoms with van der Waals surface area (Å²) in [5.41, 5.74) is 2.35. The first-order chi connectivity index (χ1) is 16.2. The van der Waals surface area contributed by atoms with Gasteiger partial charge in [0.1, 0.15) is 12.7 Å². The molecule has 2 aliphatic heterocycles. The molecule has 5 rings (SSSR count). The van der Waals surface area contributed by atoms with Gasteiger partial charge in [-0.3, -0.25) is 4.79 Å². The molecule has 0 bridgehead atoms. The third-order valence-electron chi connectivity index (χ3n) is 6.49. The SMILES string of the molecule is COc1cc2c(cc1OC)CN(C(=O)C1CCN(c3ccc(-n4cncn4)nn3)CC1)CC2. The quantitative estimate of drug-likeness (QED) is 0.582. The maximum atomic E-state index is 13.3. The number of methoxy groups -OCH3 is 2. The van der Waals surface area contributed by atoms with Crippen molar-refractivity contribution in [2.45, 2.75) is 25.8 Å². The number of anilines is 1. The van der Waals surface area contributed by atoms with Crippen LogP contribution in [0.25, 0.3) is 5.82 Å². The van der Waals surface area contributed by atoms with Crippen molar-refractivity contribution in [2.75, 3.05) is 38.8 Å². The summed E-state index contributed by atoms with van der Waals surface area (Å²) < 4.78 is 12.4. The van der Waals surface area contributed by atoms with E-state index in [1.54, 1.807) is 25.2 Å². The van der Waals surface area contributed by atoms with E-state index in [2.05, 4.69) is 25.2 Å². The van der Waals surface area contributed by atoms with E-state index in [1.165, 1.54) is 11.9 Å². The maximum absolute atomic E-state index is 13.3. The van der Waals surface area contributed by atoms with Gasteiger partial charge in [-0.25, -0.2) is 9.67 Å². The highest BCUT2D eigenvalue weighted by atomic mass is 16.5. The van der Waals surface area contributed by atoms with E-state index in [0.29, 0.717) is 18.1 Å². The minimum Gasteiger partial charge on any atom is -0.493 e. The number of rotatable bonds is 5. The molecule has 0 N–H and O–H groups in total. The standard InChI is InChI=1S/C23H27N7O3/c1-32-19-11-17-7-10-29(13-18(17)12-20(19)33-2)23(31)16-5-8-28(9-6-16)21-3-4-22(27-26-21)30-15-24-14-25-30/h3-4,11-12,14-16H,5-10,13H2,1-2H3. The molecule has 2 aliphatic rings. The molecule has 3 aromatic rings. The molecule has 10 nitrogen and oxygen atoms in total. The summed E-state index contributed by atoms with van der Waals surface area (Å²) in [6.07, 6.45) is 5.49. The van der Waals surface area contributed by atoms with Crippen LogP contribution in [-0.2, 0) is 17.8 Å². The van der Waals surface area contributed by atoms with Crippen molar-refractivity contribution >= 4 is 11.7 Å². The van der Waals surface area contributed by atoms with Gasteiger partial charge >= 0.3 is 0 Å². The van der Waals surface area contributed by atoms with Crippen LogP contribution in [0.4, 0.5) is 5.82 Å². The Labute approximate surface area is 192 Å². The summed E-state index contributed by atoms with van der Waals surface area (Å²) >= 11 is 0. The molecule has 33 heavy (non-hydrogen) atoms. The van der Waals surface area contributed by atoms with Gasteiger partial charge in [-0.2, -0.15) is 5.10 Å². The molecule has 10 heteroatoms. The number of hydrogen-bond acceptors (Lipinski definition) is 8. The van der Waals surface area contributed by atoms with Crippen molar-refractivity contribution in [2.24, 2.45) is 5.92 Å². The highest BCUT2D eigenvalue weighted by molar-refractivity contribution is 5.79. The van der Waals surface area contributed by atoms with Gasteiger partial charge in [-0.15, -0.1) is 10.2 Å². The fourth-order valence-electron chi connectivity index (χ4n) is 4.62. The Kier molecular flexibility index (Phi) is 5.80. The normalized spacial score (nSPS) is 16.4. The number of piperidine rings is 1. The van der Waals surface area contributed by atoms with Crippen LogP contribution in [-0.4, -0.2) is 69.6 Å². The van der Waals surface area contributed by atoms with Crippen molar-refractivity contribution < 1.29 is 14.3 Å². The van der Waals surface area contributed by atoms with E-state index < -0.39 is 0 Å². The fraction of sp³-hybridized carbons (Fsp3) is 0.435. The van der Waals surface area contributed by atoms with Gasteiger partial charge in [0.05, 0.1) is 14.2 Å². The fourth-order valence-corrected chi connectivity index (χ4v) is 4.62. The van der Waals surface area contributed by atoms with Crippen molar-refractivity contribution in [1.29, 1.82) is 0 Å². The van der Waals surface area contributed by atoms with Crippen molar-refractivity contribution in [3.05, 3.63) is 48.0 Å². The van der Waals surface area contributed by atoms with E-state index >= 15 is 0 Å². The van der Waals surface area contributed by atoms with Crippen molar-refractivity contribution in [1.82, 2.24) is 29.9 Å². The topological polar surface area (TPSA) is 98.5 Å². The summed E-state index contributed by atoms with van der Waals surface area (Å²) in [6.45, 7) is 2.91. The molecular formula is C23H27N7O3. The highest BCUT2D eigenvalue weighted by Crippen LogP contribution is 2.34. The number of carbonyl (C=O) groups excluding carboxylic acids is 1. The predicted molar refractivity (Wildman–Crippen MR) is 121 cm³/mol. The Hall–Kier alpha value is -3.69. The lowest BCUT2D eigenvalue weighted by atomic mass is 9.92. The van der Waals surface area contributed by atoms with Gasteiger partial charge in [0.15, 0.2) is 23.1 Å². The number of ether oxygens (including phenoxy) is 2. The highest BCUT2D eigenvalue weighted by Gasteiger charge is 2.31. The van der Waals surface area contributed by atoms with Gasteiger partial charge in [0.25, 0.3) is 0 Å². The Balaban J connectivity index is 1.20. The minimum absolute atomic E-state index is 0.0327. The van der Waals surface area contributed by atoms with Crippen LogP contribution in [0.3, 0.4) is 0 Å². The Morgan fingerprint density at radius 1 is 0.970 bits per heavy atom. The summed E-state index contributed by atoms with van der Waals surface area (Å²) in [5, 5.41) is 12.7. The summed E-state index contributed by atoms with van der Waals surface area (Å²) in [4.78, 5) is 21.4. The Morgan fingerprint density at radius 3 is 2.30 bits per heavy atom.